The number of hydrogen-bond acceptors (Lipinski definition) is 2. The van der Waals surface area contributed by atoms with E-state index in [4.69, 9.17) is 0 Å². The molecule has 3 heteroatoms. The molecule has 1 unspecified atom stereocenters. The fourth-order valence-corrected chi connectivity index (χ4v) is 3.76. The first kappa shape index (κ1) is 16.7. The summed E-state index contributed by atoms with van der Waals surface area (Å²) in [5.74, 6) is -0.853. The molecule has 1 aliphatic rings. The van der Waals surface area contributed by atoms with Crippen molar-refractivity contribution in [2.45, 2.75) is 32.7 Å². The summed E-state index contributed by atoms with van der Waals surface area (Å²) in [4.78, 5) is 13.7. The quantitative estimate of drug-likeness (QED) is 0.917. The van der Waals surface area contributed by atoms with E-state index in [9.17, 15) is 9.90 Å². The monoisotopic (exact) mass is 323 g/mol. The Hall–Kier alpha value is -2.13. The van der Waals surface area contributed by atoms with Crippen LogP contribution in [0.5, 0.6) is 0 Å². The van der Waals surface area contributed by atoms with Crippen molar-refractivity contribution in [3.63, 3.8) is 0 Å². The third kappa shape index (κ3) is 3.51. The smallest absolute Gasteiger partial charge is 0.306 e. The third-order valence-electron chi connectivity index (χ3n) is 5.08. The Balaban J connectivity index is 1.93. The zero-order valence-corrected chi connectivity index (χ0v) is 14.4. The molecule has 2 aromatic carbocycles. The van der Waals surface area contributed by atoms with E-state index in [2.05, 4.69) is 61.2 Å². The second-order valence-corrected chi connectivity index (χ2v) is 6.82. The third-order valence-corrected chi connectivity index (χ3v) is 5.08. The Bertz CT molecular complexity index is 703. The maximum Gasteiger partial charge on any atom is 0.306 e. The average Bonchev–Trinajstić information content (AvgIpc) is 2.58. The van der Waals surface area contributed by atoms with Crippen LogP contribution < -0.4 is 0 Å². The van der Waals surface area contributed by atoms with Gasteiger partial charge >= 0.3 is 5.97 Å². The minimum absolute atomic E-state index is 0.196. The number of rotatable bonds is 4. The van der Waals surface area contributed by atoms with Gasteiger partial charge in [0, 0.05) is 0 Å². The van der Waals surface area contributed by atoms with Crippen LogP contribution >= 0.6 is 0 Å². The first-order chi connectivity index (χ1) is 11.6. The molecule has 1 fully saturated rings. The molecule has 24 heavy (non-hydrogen) atoms. The van der Waals surface area contributed by atoms with Crippen LogP contribution in [0.1, 0.15) is 41.1 Å². The number of likely N-dealkylation sites (tertiary alicyclic amines) is 1. The van der Waals surface area contributed by atoms with Gasteiger partial charge in [-0.2, -0.15) is 0 Å². The second kappa shape index (κ2) is 7.18. The summed E-state index contributed by atoms with van der Waals surface area (Å²) in [5.41, 5.74) is 5.16. The molecule has 1 atom stereocenters. The minimum Gasteiger partial charge on any atom is -0.481 e. The van der Waals surface area contributed by atoms with Crippen LogP contribution in [0.2, 0.25) is 0 Å². The maximum absolute atomic E-state index is 11.2. The Morgan fingerprint density at radius 2 is 1.75 bits per heavy atom. The summed E-state index contributed by atoms with van der Waals surface area (Å²) in [5, 5.41) is 9.25. The lowest BCUT2D eigenvalue weighted by Crippen LogP contribution is -2.39. The number of nitrogens with zero attached hydrogens (tertiary/aromatic N) is 1. The summed E-state index contributed by atoms with van der Waals surface area (Å²) in [7, 11) is 0. The predicted octanol–water partition coefficient (Wildman–Crippen LogP) is 4.19. The van der Waals surface area contributed by atoms with E-state index in [0.29, 0.717) is 0 Å². The largest absolute Gasteiger partial charge is 0.481 e. The van der Waals surface area contributed by atoms with E-state index in [-0.39, 0.29) is 12.0 Å². The fraction of sp³-hybridized carbons (Fsp3) is 0.381. The zero-order chi connectivity index (χ0) is 17.1. The molecule has 0 spiro atoms. The van der Waals surface area contributed by atoms with Gasteiger partial charge in [0.1, 0.15) is 0 Å². The molecule has 3 nitrogen and oxygen atoms in total. The van der Waals surface area contributed by atoms with Crippen molar-refractivity contribution in [1.29, 1.82) is 0 Å². The lowest BCUT2D eigenvalue weighted by Gasteiger charge is -2.37. The first-order valence-electron chi connectivity index (χ1n) is 8.65. The number of carboxylic acids is 1. The van der Waals surface area contributed by atoms with Crippen LogP contribution in [0.3, 0.4) is 0 Å². The van der Waals surface area contributed by atoms with Crippen LogP contribution in [0.25, 0.3) is 0 Å². The number of carbonyl (C=O) groups is 1. The second-order valence-electron chi connectivity index (χ2n) is 6.82. The van der Waals surface area contributed by atoms with Crippen molar-refractivity contribution in [3.8, 4) is 0 Å². The van der Waals surface area contributed by atoms with E-state index in [1.807, 2.05) is 6.07 Å². The lowest BCUT2D eigenvalue weighted by atomic mass is 9.89. The van der Waals surface area contributed by atoms with Crippen LogP contribution in [0.15, 0.2) is 48.5 Å². The molecular formula is C21H25NO2. The summed E-state index contributed by atoms with van der Waals surface area (Å²) >= 11 is 0. The molecule has 0 bridgehead atoms. The fourth-order valence-electron chi connectivity index (χ4n) is 3.76. The van der Waals surface area contributed by atoms with Gasteiger partial charge in [0.2, 0.25) is 0 Å². The van der Waals surface area contributed by atoms with Crippen molar-refractivity contribution < 1.29 is 9.90 Å². The van der Waals surface area contributed by atoms with Crippen molar-refractivity contribution in [2.24, 2.45) is 5.92 Å². The van der Waals surface area contributed by atoms with Gasteiger partial charge in [0.15, 0.2) is 0 Å². The molecular weight excluding hydrogens is 298 g/mol. The standard InChI is InChI=1S/C21H25NO2/c1-15-8-9-19(16(2)14-15)20(17-6-4-3-5-7-17)22-12-10-18(11-13-22)21(23)24/h3-9,14,18,20H,10-13H2,1-2H3,(H,23,24). The van der Waals surface area contributed by atoms with Crippen LogP contribution in [-0.4, -0.2) is 29.1 Å². The Morgan fingerprint density at radius 1 is 1.08 bits per heavy atom. The van der Waals surface area contributed by atoms with E-state index < -0.39 is 5.97 Å². The van der Waals surface area contributed by atoms with Gasteiger partial charge in [0.25, 0.3) is 0 Å². The van der Waals surface area contributed by atoms with Crippen molar-refractivity contribution in [2.75, 3.05) is 13.1 Å². The Kier molecular flexibility index (Phi) is 5.00. The molecule has 0 saturated carbocycles. The van der Waals surface area contributed by atoms with Gasteiger partial charge in [-0.15, -0.1) is 0 Å². The molecule has 1 aliphatic heterocycles. The Labute approximate surface area is 143 Å². The molecule has 1 heterocycles. The first-order valence-corrected chi connectivity index (χ1v) is 8.65. The van der Waals surface area contributed by atoms with Gasteiger partial charge < -0.3 is 5.11 Å². The van der Waals surface area contributed by atoms with E-state index >= 15 is 0 Å². The highest BCUT2D eigenvalue weighted by atomic mass is 16.4. The van der Waals surface area contributed by atoms with Crippen LogP contribution in [0.4, 0.5) is 0 Å². The molecule has 126 valence electrons. The lowest BCUT2D eigenvalue weighted by molar-refractivity contribution is -0.143. The highest BCUT2D eigenvalue weighted by molar-refractivity contribution is 5.70. The van der Waals surface area contributed by atoms with Crippen LogP contribution in [0, 0.1) is 19.8 Å². The predicted molar refractivity (Wildman–Crippen MR) is 96.1 cm³/mol. The van der Waals surface area contributed by atoms with Crippen molar-refractivity contribution >= 4 is 5.97 Å². The number of carboxylic acid groups (broad SMARTS) is 1. The minimum atomic E-state index is -0.655. The van der Waals surface area contributed by atoms with Gasteiger partial charge in [-0.1, -0.05) is 54.1 Å². The summed E-state index contributed by atoms with van der Waals surface area (Å²) in [6.45, 7) is 5.93. The van der Waals surface area contributed by atoms with E-state index in [1.165, 1.54) is 22.3 Å². The average molecular weight is 323 g/mol. The van der Waals surface area contributed by atoms with Crippen LogP contribution in [-0.2, 0) is 4.79 Å². The number of benzene rings is 2. The number of aliphatic carboxylic acids is 1. The van der Waals surface area contributed by atoms with Gasteiger partial charge in [-0.05, 0) is 56.5 Å². The molecule has 1 saturated heterocycles. The molecule has 0 aromatic heterocycles. The number of aryl methyl sites for hydroxylation is 2. The van der Waals surface area contributed by atoms with Gasteiger partial charge in [0.05, 0.1) is 12.0 Å². The molecule has 0 aliphatic carbocycles. The molecule has 2 aromatic rings. The Morgan fingerprint density at radius 3 is 2.33 bits per heavy atom. The van der Waals surface area contributed by atoms with Gasteiger partial charge in [-0.25, -0.2) is 0 Å². The topological polar surface area (TPSA) is 40.5 Å². The van der Waals surface area contributed by atoms with Crippen molar-refractivity contribution in [3.05, 3.63) is 70.8 Å². The highest BCUT2D eigenvalue weighted by Crippen LogP contribution is 2.34. The molecule has 0 amide bonds. The SMILES string of the molecule is Cc1ccc(C(c2ccccc2)N2CCC(C(=O)O)CC2)c(C)c1. The number of piperidine rings is 1. The van der Waals surface area contributed by atoms with E-state index in [0.717, 1.165) is 25.9 Å². The molecule has 1 N–H and O–H groups in total. The molecule has 0 radical (unpaired) electrons. The summed E-state index contributed by atoms with van der Waals surface area (Å²) in [6, 6.07) is 17.4. The highest BCUT2D eigenvalue weighted by Gasteiger charge is 2.30. The summed E-state index contributed by atoms with van der Waals surface area (Å²) < 4.78 is 0. The van der Waals surface area contributed by atoms with Gasteiger partial charge in [-0.3, -0.25) is 9.69 Å². The van der Waals surface area contributed by atoms with Crippen molar-refractivity contribution in [1.82, 2.24) is 4.90 Å². The molecule has 3 rings (SSSR count). The zero-order valence-electron chi connectivity index (χ0n) is 14.4. The normalized spacial score (nSPS) is 17.6. The summed E-state index contributed by atoms with van der Waals surface area (Å²) in [6.07, 6.45) is 1.45. The van der Waals surface area contributed by atoms with E-state index in [1.54, 1.807) is 0 Å². The maximum atomic E-state index is 11.2. The number of hydrogen-bond donors (Lipinski definition) is 1.